The lowest BCUT2D eigenvalue weighted by Crippen LogP contribution is -2.40. The van der Waals surface area contributed by atoms with Gasteiger partial charge in [-0.3, -0.25) is 4.99 Å². The molecule has 4 heteroatoms. The van der Waals surface area contributed by atoms with Crippen molar-refractivity contribution in [3.05, 3.63) is 35.9 Å². The van der Waals surface area contributed by atoms with E-state index >= 15 is 0 Å². The summed E-state index contributed by atoms with van der Waals surface area (Å²) in [4.78, 5) is 4.87. The molecule has 2 rings (SSSR count). The molecule has 0 heterocycles. The minimum atomic E-state index is 0.371. The van der Waals surface area contributed by atoms with Gasteiger partial charge < -0.3 is 15.4 Å². The molecule has 0 aromatic heterocycles. The molecule has 25 heavy (non-hydrogen) atoms. The van der Waals surface area contributed by atoms with E-state index in [9.17, 15) is 0 Å². The van der Waals surface area contributed by atoms with E-state index in [0.717, 1.165) is 45.0 Å². The van der Waals surface area contributed by atoms with Crippen LogP contribution < -0.4 is 10.6 Å². The number of aliphatic imine (C=N–C) groups is 1. The Morgan fingerprint density at radius 3 is 2.60 bits per heavy atom. The molecule has 0 saturated heterocycles. The first-order valence-electron chi connectivity index (χ1n) is 9.75. The van der Waals surface area contributed by atoms with Crippen molar-refractivity contribution in [2.75, 3.05) is 33.4 Å². The van der Waals surface area contributed by atoms with E-state index in [4.69, 9.17) is 9.73 Å². The molecule has 1 aromatic rings. The van der Waals surface area contributed by atoms with E-state index in [0.29, 0.717) is 11.3 Å². The van der Waals surface area contributed by atoms with Crippen LogP contribution in [0.15, 0.2) is 35.3 Å². The molecule has 1 fully saturated rings. The van der Waals surface area contributed by atoms with Gasteiger partial charge in [0.05, 0.1) is 0 Å². The summed E-state index contributed by atoms with van der Waals surface area (Å²) in [7, 11) is 1.79. The van der Waals surface area contributed by atoms with Gasteiger partial charge in [0.25, 0.3) is 0 Å². The molecular formula is C21H35N3O. The lowest BCUT2D eigenvalue weighted by molar-refractivity contribution is 0.0778. The number of rotatable bonds is 10. The number of guanidine groups is 1. The zero-order valence-corrected chi connectivity index (χ0v) is 16.2. The van der Waals surface area contributed by atoms with Crippen LogP contribution >= 0.6 is 0 Å². The second-order valence-corrected chi connectivity index (χ2v) is 7.32. The fraction of sp³-hybridized carbons (Fsp3) is 0.667. The molecule has 0 bridgehead atoms. The van der Waals surface area contributed by atoms with Gasteiger partial charge in [0.1, 0.15) is 0 Å². The van der Waals surface area contributed by atoms with Crippen LogP contribution in [0, 0.1) is 5.41 Å². The molecule has 1 atom stereocenters. The van der Waals surface area contributed by atoms with E-state index in [1.54, 1.807) is 7.11 Å². The van der Waals surface area contributed by atoms with Gasteiger partial charge >= 0.3 is 0 Å². The van der Waals surface area contributed by atoms with Crippen LogP contribution in [-0.4, -0.2) is 39.3 Å². The molecule has 0 spiro atoms. The van der Waals surface area contributed by atoms with Crippen LogP contribution in [0.25, 0.3) is 0 Å². The summed E-state index contributed by atoms with van der Waals surface area (Å²) < 4.78 is 5.28. The number of ether oxygens (including phenoxy) is 1. The normalized spacial score (nSPS) is 17.6. The third-order valence-corrected chi connectivity index (χ3v) is 5.41. The van der Waals surface area contributed by atoms with Gasteiger partial charge in [-0.2, -0.15) is 0 Å². The van der Waals surface area contributed by atoms with E-state index in [2.05, 4.69) is 54.8 Å². The van der Waals surface area contributed by atoms with Gasteiger partial charge in [-0.15, -0.1) is 0 Å². The smallest absolute Gasteiger partial charge is 0.191 e. The Kier molecular flexibility index (Phi) is 8.26. The number of hydrogen-bond acceptors (Lipinski definition) is 2. The highest BCUT2D eigenvalue weighted by Gasteiger charge is 2.36. The first-order chi connectivity index (χ1) is 12.2. The molecule has 0 amide bonds. The summed E-state index contributed by atoms with van der Waals surface area (Å²) in [5.74, 6) is 1.50. The fourth-order valence-electron chi connectivity index (χ4n) is 3.43. The second kappa shape index (κ2) is 10.4. The molecule has 1 unspecified atom stereocenters. The Morgan fingerprint density at radius 1 is 1.24 bits per heavy atom. The molecule has 4 nitrogen and oxygen atoms in total. The molecule has 1 aromatic carbocycles. The van der Waals surface area contributed by atoms with Crippen molar-refractivity contribution in [3.63, 3.8) is 0 Å². The first-order valence-corrected chi connectivity index (χ1v) is 9.75. The van der Waals surface area contributed by atoms with Crippen LogP contribution in [0.4, 0.5) is 0 Å². The topological polar surface area (TPSA) is 45.7 Å². The number of methoxy groups -OCH3 is 1. The average Bonchev–Trinajstić information content (AvgIpc) is 2.61. The summed E-state index contributed by atoms with van der Waals surface area (Å²) in [6.45, 7) is 7.98. The molecule has 0 aliphatic heterocycles. The Bertz CT molecular complexity index is 511. The van der Waals surface area contributed by atoms with E-state index in [-0.39, 0.29) is 0 Å². The maximum absolute atomic E-state index is 5.28. The highest BCUT2D eigenvalue weighted by molar-refractivity contribution is 5.79. The predicted molar refractivity (Wildman–Crippen MR) is 106 cm³/mol. The van der Waals surface area contributed by atoms with Crippen molar-refractivity contribution in [1.82, 2.24) is 10.6 Å². The zero-order chi connectivity index (χ0) is 18.0. The van der Waals surface area contributed by atoms with E-state index in [1.807, 2.05) is 0 Å². The van der Waals surface area contributed by atoms with E-state index in [1.165, 1.54) is 24.8 Å². The minimum Gasteiger partial charge on any atom is -0.385 e. The second-order valence-electron chi connectivity index (χ2n) is 7.32. The maximum atomic E-state index is 5.28. The van der Waals surface area contributed by atoms with Crippen LogP contribution in [0.1, 0.15) is 57.4 Å². The Labute approximate surface area is 153 Å². The number of nitrogens with zero attached hydrogens (tertiary/aromatic N) is 1. The Balaban J connectivity index is 1.81. The summed E-state index contributed by atoms with van der Waals surface area (Å²) in [5, 5.41) is 6.89. The van der Waals surface area contributed by atoms with E-state index < -0.39 is 0 Å². The molecule has 140 valence electrons. The molecule has 1 aliphatic rings. The minimum absolute atomic E-state index is 0.371. The lowest BCUT2D eigenvalue weighted by atomic mass is 9.67. The molecular weight excluding hydrogens is 310 g/mol. The number of benzene rings is 1. The Morgan fingerprint density at radius 2 is 2.00 bits per heavy atom. The molecule has 1 aliphatic carbocycles. The van der Waals surface area contributed by atoms with Crippen molar-refractivity contribution in [2.24, 2.45) is 10.4 Å². The first kappa shape index (κ1) is 19.8. The van der Waals surface area contributed by atoms with Crippen LogP contribution in [0.3, 0.4) is 0 Å². The van der Waals surface area contributed by atoms with Gasteiger partial charge in [-0.25, -0.2) is 0 Å². The lowest BCUT2D eigenvalue weighted by Gasteiger charge is -2.40. The quantitative estimate of drug-likeness (QED) is 0.499. The van der Waals surface area contributed by atoms with Gasteiger partial charge in [0, 0.05) is 33.4 Å². The van der Waals surface area contributed by atoms with Crippen molar-refractivity contribution < 1.29 is 4.74 Å². The van der Waals surface area contributed by atoms with Crippen molar-refractivity contribution in [1.29, 1.82) is 0 Å². The number of nitrogens with one attached hydrogen (secondary N) is 2. The van der Waals surface area contributed by atoms with Crippen LogP contribution in [0.2, 0.25) is 0 Å². The van der Waals surface area contributed by atoms with Crippen molar-refractivity contribution in [3.8, 4) is 0 Å². The van der Waals surface area contributed by atoms with Crippen LogP contribution in [0.5, 0.6) is 0 Å². The zero-order valence-electron chi connectivity index (χ0n) is 16.2. The summed E-state index contributed by atoms with van der Waals surface area (Å²) >= 11 is 0. The maximum Gasteiger partial charge on any atom is 0.191 e. The monoisotopic (exact) mass is 345 g/mol. The summed E-state index contributed by atoms with van der Waals surface area (Å²) in [6, 6.07) is 10.7. The van der Waals surface area contributed by atoms with Crippen LogP contribution in [-0.2, 0) is 4.74 Å². The number of hydrogen-bond donors (Lipinski definition) is 2. The van der Waals surface area contributed by atoms with Gasteiger partial charge in [-0.05, 0) is 49.5 Å². The predicted octanol–water partition coefficient (Wildman–Crippen LogP) is 3.94. The summed E-state index contributed by atoms with van der Waals surface area (Å²) in [5.41, 5.74) is 1.77. The third kappa shape index (κ3) is 6.35. The highest BCUT2D eigenvalue weighted by Crippen LogP contribution is 2.44. The van der Waals surface area contributed by atoms with Crippen molar-refractivity contribution >= 4 is 5.96 Å². The van der Waals surface area contributed by atoms with Gasteiger partial charge in [0.2, 0.25) is 0 Å². The summed E-state index contributed by atoms with van der Waals surface area (Å²) in [6.07, 6.45) is 6.12. The Hall–Kier alpha value is -1.55. The third-order valence-electron chi connectivity index (χ3n) is 5.41. The molecule has 2 N–H and O–H groups in total. The van der Waals surface area contributed by atoms with Gasteiger partial charge in [-0.1, -0.05) is 43.7 Å². The standard InChI is InChI=1S/C21H35N3O/c1-4-22-20(24-17-21(12-8-13-21)14-16-25-3)23-15-11-18(2)19-9-6-5-7-10-19/h5-7,9-10,18H,4,8,11-17H2,1-3H3,(H2,22,23,24). The largest absolute Gasteiger partial charge is 0.385 e. The SMILES string of the molecule is CCNC(=NCC1(CCOC)CCC1)NCCC(C)c1ccccc1. The molecule has 0 radical (unpaired) electrons. The van der Waals surface area contributed by atoms with Crippen molar-refractivity contribution in [2.45, 2.75) is 51.9 Å². The average molecular weight is 346 g/mol. The van der Waals surface area contributed by atoms with Gasteiger partial charge in [0.15, 0.2) is 5.96 Å². The highest BCUT2D eigenvalue weighted by atomic mass is 16.5. The molecule has 1 saturated carbocycles. The fourth-order valence-corrected chi connectivity index (χ4v) is 3.43.